The molecule has 3 rings (SSSR count). The summed E-state index contributed by atoms with van der Waals surface area (Å²) in [5.41, 5.74) is 0. The van der Waals surface area contributed by atoms with Crippen LogP contribution < -0.4 is 4.90 Å². The van der Waals surface area contributed by atoms with Crippen molar-refractivity contribution in [3.8, 4) is 0 Å². The monoisotopic (exact) mass is 250 g/mol. The fourth-order valence-corrected chi connectivity index (χ4v) is 3.09. The zero-order chi connectivity index (χ0) is 12.4. The van der Waals surface area contributed by atoms with Gasteiger partial charge in [0.25, 0.3) is 0 Å². The second-order valence-corrected chi connectivity index (χ2v) is 5.16. The maximum absolute atomic E-state index is 13.6. The van der Waals surface area contributed by atoms with E-state index in [1.165, 1.54) is 38.5 Å². The number of hydrogen-bond donors (Lipinski definition) is 0. The highest BCUT2D eigenvalue weighted by molar-refractivity contribution is 5.38. The van der Waals surface area contributed by atoms with Gasteiger partial charge in [0.05, 0.1) is 6.20 Å². The Balaban J connectivity index is 1.61. The van der Waals surface area contributed by atoms with E-state index in [4.69, 9.17) is 0 Å². The molecule has 2 aliphatic rings. The lowest BCUT2D eigenvalue weighted by molar-refractivity contribution is 0.207. The standard InChI is InChI=1S/C13H19FN4/c14-12-9-15-10-16-13(12)18-7-3-11(4-8-18)17-5-1-2-6-17/h9-11H,1-8H2. The second kappa shape index (κ2) is 5.18. The fraction of sp³-hybridized carbons (Fsp3) is 0.692. The van der Waals surface area contributed by atoms with Crippen molar-refractivity contribution < 1.29 is 4.39 Å². The minimum absolute atomic E-state index is 0.308. The Hall–Kier alpha value is -1.23. The maximum Gasteiger partial charge on any atom is 0.183 e. The van der Waals surface area contributed by atoms with Crippen LogP contribution in [0, 0.1) is 5.82 Å². The molecule has 0 radical (unpaired) electrons. The van der Waals surface area contributed by atoms with E-state index in [-0.39, 0.29) is 5.82 Å². The molecule has 0 atom stereocenters. The van der Waals surface area contributed by atoms with Gasteiger partial charge in [-0.25, -0.2) is 14.4 Å². The number of nitrogens with zero attached hydrogens (tertiary/aromatic N) is 4. The molecule has 0 unspecified atom stereocenters. The highest BCUT2D eigenvalue weighted by Crippen LogP contribution is 2.24. The predicted molar refractivity (Wildman–Crippen MR) is 68.0 cm³/mol. The lowest BCUT2D eigenvalue weighted by Crippen LogP contribution is -2.44. The number of piperidine rings is 1. The summed E-state index contributed by atoms with van der Waals surface area (Å²) in [6.07, 6.45) is 7.56. The average Bonchev–Trinajstić information content (AvgIpc) is 2.94. The van der Waals surface area contributed by atoms with Gasteiger partial charge in [-0.1, -0.05) is 0 Å². The van der Waals surface area contributed by atoms with Crippen molar-refractivity contribution in [1.82, 2.24) is 14.9 Å². The lowest BCUT2D eigenvalue weighted by atomic mass is 10.0. The van der Waals surface area contributed by atoms with Crippen LogP contribution in [0.5, 0.6) is 0 Å². The number of hydrogen-bond acceptors (Lipinski definition) is 4. The fourth-order valence-electron chi connectivity index (χ4n) is 3.09. The summed E-state index contributed by atoms with van der Waals surface area (Å²) in [6, 6.07) is 0.689. The molecule has 0 aliphatic carbocycles. The van der Waals surface area contributed by atoms with Gasteiger partial charge in [0.2, 0.25) is 0 Å². The maximum atomic E-state index is 13.6. The van der Waals surface area contributed by atoms with Crippen LogP contribution >= 0.6 is 0 Å². The van der Waals surface area contributed by atoms with Gasteiger partial charge in [-0.15, -0.1) is 0 Å². The van der Waals surface area contributed by atoms with Crippen LogP contribution in [0.2, 0.25) is 0 Å². The molecule has 4 nitrogen and oxygen atoms in total. The molecule has 98 valence electrons. The van der Waals surface area contributed by atoms with Crippen molar-refractivity contribution >= 4 is 5.82 Å². The first-order valence-corrected chi connectivity index (χ1v) is 6.79. The molecular formula is C13H19FN4. The second-order valence-electron chi connectivity index (χ2n) is 5.16. The van der Waals surface area contributed by atoms with E-state index in [0.29, 0.717) is 11.9 Å². The van der Waals surface area contributed by atoms with Crippen LogP contribution in [0.3, 0.4) is 0 Å². The van der Waals surface area contributed by atoms with Gasteiger partial charge in [-0.3, -0.25) is 0 Å². The van der Waals surface area contributed by atoms with Crippen LogP contribution in [0.25, 0.3) is 0 Å². The van der Waals surface area contributed by atoms with Gasteiger partial charge in [0, 0.05) is 19.1 Å². The van der Waals surface area contributed by atoms with Crippen LogP contribution in [0.1, 0.15) is 25.7 Å². The first-order valence-electron chi connectivity index (χ1n) is 6.79. The number of anilines is 1. The number of rotatable bonds is 2. The molecule has 0 saturated carbocycles. The summed E-state index contributed by atoms with van der Waals surface area (Å²) in [7, 11) is 0. The molecule has 5 heteroatoms. The Morgan fingerprint density at radius 1 is 1.11 bits per heavy atom. The highest BCUT2D eigenvalue weighted by atomic mass is 19.1. The van der Waals surface area contributed by atoms with Crippen LogP contribution in [-0.4, -0.2) is 47.1 Å². The van der Waals surface area contributed by atoms with E-state index in [0.717, 1.165) is 25.9 Å². The van der Waals surface area contributed by atoms with E-state index in [1.54, 1.807) is 0 Å². The normalized spacial score (nSPS) is 22.6. The molecule has 0 spiro atoms. The summed E-state index contributed by atoms with van der Waals surface area (Å²) < 4.78 is 13.6. The van der Waals surface area contributed by atoms with Gasteiger partial charge in [0.15, 0.2) is 11.6 Å². The molecule has 2 aliphatic heterocycles. The molecule has 2 fully saturated rings. The lowest BCUT2D eigenvalue weighted by Gasteiger charge is -2.37. The Morgan fingerprint density at radius 2 is 1.83 bits per heavy atom. The van der Waals surface area contributed by atoms with Gasteiger partial charge >= 0.3 is 0 Å². The van der Waals surface area contributed by atoms with Crippen LogP contribution in [0.4, 0.5) is 10.2 Å². The Bertz CT molecular complexity index is 398. The van der Waals surface area contributed by atoms with Gasteiger partial charge in [0.1, 0.15) is 6.33 Å². The Morgan fingerprint density at radius 3 is 2.50 bits per heavy atom. The first-order chi connectivity index (χ1) is 8.84. The number of halogens is 1. The molecule has 1 aromatic rings. The highest BCUT2D eigenvalue weighted by Gasteiger charge is 2.27. The van der Waals surface area contributed by atoms with Crippen molar-refractivity contribution in [2.45, 2.75) is 31.7 Å². The molecule has 0 bridgehead atoms. The molecule has 0 N–H and O–H groups in total. The Labute approximate surface area is 107 Å². The molecule has 3 heterocycles. The minimum Gasteiger partial charge on any atom is -0.354 e. The zero-order valence-corrected chi connectivity index (χ0v) is 10.6. The van der Waals surface area contributed by atoms with Crippen LogP contribution in [-0.2, 0) is 0 Å². The molecule has 0 aromatic carbocycles. The van der Waals surface area contributed by atoms with Crippen LogP contribution in [0.15, 0.2) is 12.5 Å². The van der Waals surface area contributed by atoms with Crippen molar-refractivity contribution in [3.05, 3.63) is 18.3 Å². The molecule has 18 heavy (non-hydrogen) atoms. The zero-order valence-electron chi connectivity index (χ0n) is 10.6. The minimum atomic E-state index is -0.308. The van der Waals surface area contributed by atoms with Crippen molar-refractivity contribution in [1.29, 1.82) is 0 Å². The predicted octanol–water partition coefficient (Wildman–Crippen LogP) is 1.68. The van der Waals surface area contributed by atoms with Gasteiger partial charge in [-0.05, 0) is 38.8 Å². The third-order valence-electron chi connectivity index (χ3n) is 4.07. The summed E-state index contributed by atoms with van der Waals surface area (Å²) >= 11 is 0. The van der Waals surface area contributed by atoms with Gasteiger partial charge < -0.3 is 9.80 Å². The topological polar surface area (TPSA) is 32.3 Å². The molecular weight excluding hydrogens is 231 g/mol. The quantitative estimate of drug-likeness (QED) is 0.799. The van der Waals surface area contributed by atoms with Crippen molar-refractivity contribution in [3.63, 3.8) is 0 Å². The third kappa shape index (κ3) is 2.32. The van der Waals surface area contributed by atoms with Gasteiger partial charge in [-0.2, -0.15) is 0 Å². The average molecular weight is 250 g/mol. The molecule has 2 saturated heterocycles. The van der Waals surface area contributed by atoms with Crippen molar-refractivity contribution in [2.75, 3.05) is 31.1 Å². The molecule has 1 aromatic heterocycles. The summed E-state index contributed by atoms with van der Waals surface area (Å²) in [5, 5.41) is 0. The van der Waals surface area contributed by atoms with E-state index < -0.39 is 0 Å². The van der Waals surface area contributed by atoms with E-state index in [2.05, 4.69) is 14.9 Å². The number of likely N-dealkylation sites (tertiary alicyclic amines) is 1. The van der Waals surface area contributed by atoms with E-state index in [1.807, 2.05) is 4.90 Å². The molecule has 0 amide bonds. The SMILES string of the molecule is Fc1cncnc1N1CCC(N2CCCC2)CC1. The first kappa shape index (κ1) is 11.8. The summed E-state index contributed by atoms with van der Waals surface area (Å²) in [5.74, 6) is 0.155. The van der Waals surface area contributed by atoms with Crippen molar-refractivity contribution in [2.24, 2.45) is 0 Å². The van der Waals surface area contributed by atoms with E-state index in [9.17, 15) is 4.39 Å². The summed E-state index contributed by atoms with van der Waals surface area (Å²) in [6.45, 7) is 4.28. The van der Waals surface area contributed by atoms with E-state index >= 15 is 0 Å². The smallest absolute Gasteiger partial charge is 0.183 e. The summed E-state index contributed by atoms with van der Waals surface area (Å²) in [4.78, 5) is 12.4. The number of aromatic nitrogens is 2. The largest absolute Gasteiger partial charge is 0.354 e. The third-order valence-corrected chi connectivity index (χ3v) is 4.07. The Kier molecular flexibility index (Phi) is 3.41.